The lowest BCUT2D eigenvalue weighted by molar-refractivity contribution is -0.137. The van der Waals surface area contributed by atoms with E-state index in [1.54, 1.807) is 24.3 Å². The van der Waals surface area contributed by atoms with E-state index in [9.17, 15) is 22.8 Å². The molecule has 2 aromatic carbocycles. The zero-order valence-corrected chi connectivity index (χ0v) is 18.5. The van der Waals surface area contributed by atoms with E-state index in [0.29, 0.717) is 18.0 Å². The molecule has 1 amide bonds. The summed E-state index contributed by atoms with van der Waals surface area (Å²) >= 11 is 0.912. The second-order valence-electron chi connectivity index (χ2n) is 7.01. The number of H-pyrrole nitrogens is 1. The Bertz CT molecular complexity index is 1380. The van der Waals surface area contributed by atoms with E-state index < -0.39 is 17.3 Å². The second-order valence-corrected chi connectivity index (χ2v) is 7.95. The number of thioether (sulfide) groups is 1. The summed E-state index contributed by atoms with van der Waals surface area (Å²) in [5.41, 5.74) is -0.824. The van der Waals surface area contributed by atoms with Crippen LogP contribution in [0.3, 0.4) is 0 Å². The minimum Gasteiger partial charge on any atom is -0.494 e. The van der Waals surface area contributed by atoms with Crippen LogP contribution in [0, 0.1) is 0 Å². The molecule has 4 rings (SSSR count). The van der Waals surface area contributed by atoms with Crippen LogP contribution in [0.15, 0.2) is 64.7 Å². The Labute approximate surface area is 195 Å². The number of carbonyl (C=O) groups is 1. The number of fused-ring (bicyclic) bond motifs is 1. The average molecular weight is 489 g/mol. The van der Waals surface area contributed by atoms with Gasteiger partial charge in [-0.2, -0.15) is 18.3 Å². The van der Waals surface area contributed by atoms with E-state index >= 15 is 0 Å². The van der Waals surface area contributed by atoms with Crippen LogP contribution in [0.2, 0.25) is 0 Å². The molecule has 0 unspecified atom stereocenters. The molecule has 0 saturated carbocycles. The molecule has 0 spiro atoms. The molecule has 0 saturated heterocycles. The van der Waals surface area contributed by atoms with Crippen LogP contribution in [0.4, 0.5) is 18.9 Å². The lowest BCUT2D eigenvalue weighted by Crippen LogP contribution is -2.23. The van der Waals surface area contributed by atoms with E-state index in [0.717, 1.165) is 28.5 Å². The van der Waals surface area contributed by atoms with Gasteiger partial charge in [-0.1, -0.05) is 17.8 Å². The molecule has 2 N–H and O–H groups in total. The van der Waals surface area contributed by atoms with Crippen molar-refractivity contribution in [1.82, 2.24) is 19.7 Å². The molecule has 2 aromatic heterocycles. The standard InChI is InChI=1S/C22H18F3N5O3S/c1-2-33-16-8-6-14(7-9-16)27-18(31)12-34-21-28-19-17(11-26-29-19)20(32)30(21)15-5-3-4-13(10-15)22(23,24)25/h3-11H,2,12H2,1H3,(H,26,29)(H,27,31). The molecule has 4 aromatic rings. The number of alkyl halides is 3. The monoisotopic (exact) mass is 489 g/mol. The molecule has 0 aliphatic rings. The summed E-state index contributed by atoms with van der Waals surface area (Å²) in [5.74, 6) is 0.138. The Balaban J connectivity index is 1.61. The molecule has 2 heterocycles. The maximum atomic E-state index is 13.2. The fourth-order valence-electron chi connectivity index (χ4n) is 3.15. The molecule has 0 atom stereocenters. The van der Waals surface area contributed by atoms with Crippen molar-refractivity contribution >= 4 is 34.4 Å². The van der Waals surface area contributed by atoms with Crippen LogP contribution in [-0.4, -0.2) is 38.0 Å². The highest BCUT2D eigenvalue weighted by Gasteiger charge is 2.31. The van der Waals surface area contributed by atoms with Crippen LogP contribution in [0.1, 0.15) is 12.5 Å². The highest BCUT2D eigenvalue weighted by atomic mass is 32.2. The first-order chi connectivity index (χ1) is 16.3. The molecule has 0 bridgehead atoms. The molecule has 0 aliphatic heterocycles. The summed E-state index contributed by atoms with van der Waals surface area (Å²) in [7, 11) is 0. The van der Waals surface area contributed by atoms with Crippen molar-refractivity contribution < 1.29 is 22.7 Å². The van der Waals surface area contributed by atoms with Crippen molar-refractivity contribution in [1.29, 1.82) is 0 Å². The quantitative estimate of drug-likeness (QED) is 0.297. The summed E-state index contributed by atoms with van der Waals surface area (Å²) in [5, 5.41) is 9.24. The minimum atomic E-state index is -4.59. The predicted molar refractivity (Wildman–Crippen MR) is 121 cm³/mol. The van der Waals surface area contributed by atoms with Crippen LogP contribution >= 0.6 is 11.8 Å². The number of hydrogen-bond donors (Lipinski definition) is 2. The number of benzene rings is 2. The van der Waals surface area contributed by atoms with Gasteiger partial charge in [0.05, 0.1) is 29.8 Å². The summed E-state index contributed by atoms with van der Waals surface area (Å²) in [4.78, 5) is 29.8. The van der Waals surface area contributed by atoms with Crippen LogP contribution in [0.5, 0.6) is 5.75 Å². The predicted octanol–water partition coefficient (Wildman–Crippen LogP) is 4.26. The summed E-state index contributed by atoms with van der Waals surface area (Å²) < 4.78 is 46.1. The molecular weight excluding hydrogens is 471 g/mol. The van der Waals surface area contributed by atoms with Gasteiger partial charge < -0.3 is 10.1 Å². The SMILES string of the molecule is CCOc1ccc(NC(=O)CSc2nc3[nH]ncc3c(=O)n2-c2cccc(C(F)(F)F)c2)cc1. The number of ether oxygens (including phenoxy) is 1. The van der Waals surface area contributed by atoms with Crippen LogP contribution in [0.25, 0.3) is 16.7 Å². The maximum absolute atomic E-state index is 13.2. The number of anilines is 1. The van der Waals surface area contributed by atoms with E-state index in [1.165, 1.54) is 18.3 Å². The van der Waals surface area contributed by atoms with Gasteiger partial charge in [-0.3, -0.25) is 19.3 Å². The van der Waals surface area contributed by atoms with Gasteiger partial charge >= 0.3 is 6.18 Å². The largest absolute Gasteiger partial charge is 0.494 e. The normalized spacial score (nSPS) is 11.5. The van der Waals surface area contributed by atoms with E-state index in [4.69, 9.17) is 4.74 Å². The average Bonchev–Trinajstić information content (AvgIpc) is 3.28. The molecule has 34 heavy (non-hydrogen) atoms. The first-order valence-electron chi connectivity index (χ1n) is 10.1. The molecule has 0 aliphatic carbocycles. The first-order valence-corrected chi connectivity index (χ1v) is 11.0. The summed E-state index contributed by atoms with van der Waals surface area (Å²) in [6.07, 6.45) is -3.33. The van der Waals surface area contributed by atoms with Gasteiger partial charge in [-0.05, 0) is 49.4 Å². The Morgan fingerprint density at radius 3 is 2.68 bits per heavy atom. The van der Waals surface area contributed by atoms with Gasteiger partial charge in [0.1, 0.15) is 11.1 Å². The van der Waals surface area contributed by atoms with Gasteiger partial charge in [0.2, 0.25) is 5.91 Å². The van der Waals surface area contributed by atoms with Gasteiger partial charge in [0.15, 0.2) is 10.8 Å². The highest BCUT2D eigenvalue weighted by Crippen LogP contribution is 2.31. The molecule has 0 radical (unpaired) electrons. The third kappa shape index (κ3) is 5.06. The Hall–Kier alpha value is -3.80. The number of nitrogens with zero attached hydrogens (tertiary/aromatic N) is 3. The van der Waals surface area contributed by atoms with E-state index in [2.05, 4.69) is 20.5 Å². The third-order valence-electron chi connectivity index (χ3n) is 4.66. The number of carbonyl (C=O) groups excluding carboxylic acids is 1. The number of amides is 1. The highest BCUT2D eigenvalue weighted by molar-refractivity contribution is 7.99. The minimum absolute atomic E-state index is 0.0233. The fraction of sp³-hybridized carbons (Fsp3) is 0.182. The van der Waals surface area contributed by atoms with Crippen molar-refractivity contribution in [3.63, 3.8) is 0 Å². The Morgan fingerprint density at radius 2 is 1.97 bits per heavy atom. The lowest BCUT2D eigenvalue weighted by atomic mass is 10.2. The topological polar surface area (TPSA) is 102 Å². The lowest BCUT2D eigenvalue weighted by Gasteiger charge is -2.14. The number of aromatic amines is 1. The smallest absolute Gasteiger partial charge is 0.416 e. The number of nitrogens with one attached hydrogen (secondary N) is 2. The van der Waals surface area contributed by atoms with E-state index in [-0.39, 0.29) is 33.5 Å². The van der Waals surface area contributed by atoms with Crippen molar-refractivity contribution in [2.45, 2.75) is 18.3 Å². The van der Waals surface area contributed by atoms with Gasteiger partial charge in [0.25, 0.3) is 5.56 Å². The molecule has 8 nitrogen and oxygen atoms in total. The van der Waals surface area contributed by atoms with Crippen molar-refractivity contribution in [3.05, 3.63) is 70.6 Å². The Morgan fingerprint density at radius 1 is 1.21 bits per heavy atom. The molecule has 0 fully saturated rings. The maximum Gasteiger partial charge on any atom is 0.416 e. The van der Waals surface area contributed by atoms with Gasteiger partial charge in [-0.15, -0.1) is 0 Å². The summed E-state index contributed by atoms with van der Waals surface area (Å²) in [6, 6.07) is 11.1. The molecular formula is C22H18F3N5O3S. The van der Waals surface area contributed by atoms with Gasteiger partial charge in [0, 0.05) is 5.69 Å². The Kier molecular flexibility index (Phi) is 6.59. The fourth-order valence-corrected chi connectivity index (χ4v) is 3.95. The first kappa shape index (κ1) is 23.4. The number of halogens is 3. The van der Waals surface area contributed by atoms with Crippen molar-refractivity contribution in [2.24, 2.45) is 0 Å². The number of hydrogen-bond acceptors (Lipinski definition) is 6. The van der Waals surface area contributed by atoms with Gasteiger partial charge in [-0.25, -0.2) is 4.98 Å². The molecule has 12 heteroatoms. The number of rotatable bonds is 7. The van der Waals surface area contributed by atoms with Crippen LogP contribution < -0.4 is 15.6 Å². The summed E-state index contributed by atoms with van der Waals surface area (Å²) in [6.45, 7) is 2.38. The van der Waals surface area contributed by atoms with Crippen LogP contribution in [-0.2, 0) is 11.0 Å². The zero-order valence-electron chi connectivity index (χ0n) is 17.7. The third-order valence-corrected chi connectivity index (χ3v) is 5.60. The van der Waals surface area contributed by atoms with Crippen molar-refractivity contribution in [2.75, 3.05) is 17.7 Å². The second kappa shape index (κ2) is 9.59. The zero-order chi connectivity index (χ0) is 24.3. The van der Waals surface area contributed by atoms with Crippen molar-refractivity contribution in [3.8, 4) is 11.4 Å². The molecule has 176 valence electrons. The number of aromatic nitrogens is 4. The van der Waals surface area contributed by atoms with E-state index in [1.807, 2.05) is 6.92 Å².